The van der Waals surface area contributed by atoms with Gasteiger partial charge >= 0.3 is 5.97 Å². The first-order chi connectivity index (χ1) is 26.0. The first-order valence-electron chi connectivity index (χ1n) is 14.7. The van der Waals surface area contributed by atoms with E-state index in [0.29, 0.717) is 17.5 Å². The molecule has 3 N–H and O–H groups in total. The zero-order valence-electron chi connectivity index (χ0n) is 27.0. The molecule has 1 heterocycles. The predicted octanol–water partition coefficient (Wildman–Crippen LogP) is 4.05. The number of azo groups is 1. The quantitative estimate of drug-likeness (QED) is 0.122. The van der Waals surface area contributed by atoms with Crippen molar-refractivity contribution in [1.82, 2.24) is 15.0 Å². The normalized spacial score (nSPS) is 12.7. The highest BCUT2D eigenvalue weighted by Crippen LogP contribution is 2.39. The number of carboxylic acid groups (broad SMARTS) is 1. The van der Waals surface area contributed by atoms with Crippen LogP contribution in [0, 0.1) is 0 Å². The van der Waals surface area contributed by atoms with Gasteiger partial charge in [0.05, 0.1) is 36.5 Å². The summed E-state index contributed by atoms with van der Waals surface area (Å²) in [6, 6.07) is 13.7. The zero-order valence-corrected chi connectivity index (χ0v) is 31.0. The molecule has 0 amide bonds. The van der Waals surface area contributed by atoms with E-state index in [-0.39, 0.29) is 27.5 Å². The molecule has 0 bridgehead atoms. The van der Waals surface area contributed by atoms with Crippen molar-refractivity contribution in [2.24, 2.45) is 10.2 Å². The minimum absolute atomic E-state index is 0.0385. The van der Waals surface area contributed by atoms with Crippen LogP contribution in [-0.4, -0.2) is 77.9 Å². The van der Waals surface area contributed by atoms with Crippen LogP contribution in [0.15, 0.2) is 109 Å². The number of carboxylic acids is 1. The van der Waals surface area contributed by atoms with E-state index >= 15 is 0 Å². The van der Waals surface area contributed by atoms with Crippen LogP contribution in [0.2, 0.25) is 5.28 Å². The molecule has 56 heavy (non-hydrogen) atoms. The predicted molar refractivity (Wildman–Crippen MR) is 189 cm³/mol. The summed E-state index contributed by atoms with van der Waals surface area (Å²) in [5, 5.41) is 21.3. The van der Waals surface area contributed by atoms with Crippen molar-refractivity contribution >= 4 is 114 Å². The number of nitrogens with one attached hydrogen (secondary N) is 2. The van der Waals surface area contributed by atoms with Gasteiger partial charge in [-0.3, -0.25) is 0 Å². The third kappa shape index (κ3) is 8.54. The second kappa shape index (κ2) is 14.4. The summed E-state index contributed by atoms with van der Waals surface area (Å²) in [4.78, 5) is 19.7. The topological polar surface area (TPSA) is 354 Å². The summed E-state index contributed by atoms with van der Waals surface area (Å²) in [5.41, 5.74) is -2.68. The van der Waals surface area contributed by atoms with Crippen LogP contribution in [0.1, 0.15) is 10.4 Å². The Morgan fingerprint density at radius 1 is 0.607 bits per heavy atom. The smallest absolute Gasteiger partial charge is 0.337 e. The third-order valence-electron chi connectivity index (χ3n) is 7.55. The number of hydrogen-bond acceptors (Lipinski definition) is 20. The number of aromatic carboxylic acids is 1. The average Bonchev–Trinajstić information content (AvgIpc) is 3.08. The van der Waals surface area contributed by atoms with Gasteiger partial charge in [0, 0.05) is 10.8 Å². The van der Waals surface area contributed by atoms with E-state index in [1.165, 1.54) is 24.3 Å². The molecule has 6 aromatic rings. The summed E-state index contributed by atoms with van der Waals surface area (Å²) in [7, 11) is -21.0. The van der Waals surface area contributed by atoms with Gasteiger partial charge in [-0.1, -0.05) is 30.3 Å². The number of halogens is 1. The van der Waals surface area contributed by atoms with E-state index in [4.69, 9.17) is 11.6 Å². The Hall–Kier alpha value is -5.77. The summed E-state index contributed by atoms with van der Waals surface area (Å²) in [6.07, 6.45) is 0. The third-order valence-corrected chi connectivity index (χ3v) is 11.2. The molecule has 6 rings (SSSR count). The number of benzene rings is 5. The van der Waals surface area contributed by atoms with Crippen LogP contribution >= 0.6 is 11.6 Å². The molecule has 0 saturated heterocycles. The Bertz CT molecular complexity index is 3150. The van der Waals surface area contributed by atoms with Crippen LogP contribution in [-0.2, 0) is 40.5 Å². The average molecular weight is 862 g/mol. The summed E-state index contributed by atoms with van der Waals surface area (Å²) >= 11 is 6.05. The standard InChI is InChI=1S/C30H20ClN7O14S4/c31-28-34-29(32-21-8-6-16(53(41,42)43)11-20(21)27(39)40)36-30(35-28)33-23-12-17(54(44,45)46)9-15-10-25(55(47,48)49)24(13-19(15)23)38-37-22-7-5-14-3-1-2-4-18(14)26(22)56(50,51)52/h1-13H,(H,39,40)(H,41,42,43)(H,44,45,46)(H,47,48,49)(H,50,51,52)(H2,32,33,34,35,36)/p-4. The number of rotatable bonds is 11. The van der Waals surface area contributed by atoms with Gasteiger partial charge in [-0.25, -0.2) is 38.5 Å². The number of carbonyl (C=O) groups is 1. The van der Waals surface area contributed by atoms with Gasteiger partial charge in [-0.05, 0) is 70.9 Å². The lowest BCUT2D eigenvalue weighted by Gasteiger charge is -2.17. The van der Waals surface area contributed by atoms with Gasteiger partial charge in [0.1, 0.15) is 51.8 Å². The molecule has 1 aromatic heterocycles. The fourth-order valence-corrected chi connectivity index (χ4v) is 7.86. The van der Waals surface area contributed by atoms with E-state index in [1.807, 2.05) is 0 Å². The molecule has 5 aromatic carbocycles. The van der Waals surface area contributed by atoms with Crippen molar-refractivity contribution < 1.29 is 61.8 Å². The fourth-order valence-electron chi connectivity index (χ4n) is 5.23. The molecular weight excluding hydrogens is 846 g/mol. The lowest BCUT2D eigenvalue weighted by molar-refractivity contribution is 0.0697. The molecule has 290 valence electrons. The van der Waals surface area contributed by atoms with Crippen LogP contribution in [0.25, 0.3) is 21.5 Å². The molecule has 0 radical (unpaired) electrons. The number of fused-ring (bicyclic) bond motifs is 2. The number of anilines is 4. The molecule has 0 aliphatic heterocycles. The number of hydrogen-bond donors (Lipinski definition) is 3. The van der Waals surface area contributed by atoms with Crippen molar-refractivity contribution in [2.75, 3.05) is 10.6 Å². The molecule has 26 heteroatoms. The lowest BCUT2D eigenvalue weighted by atomic mass is 10.1. The maximum atomic E-state index is 12.4. The van der Waals surface area contributed by atoms with Crippen LogP contribution in [0.3, 0.4) is 0 Å². The molecule has 0 atom stereocenters. The largest absolute Gasteiger partial charge is 0.744 e. The highest BCUT2D eigenvalue weighted by molar-refractivity contribution is 7.86. The van der Waals surface area contributed by atoms with Crippen LogP contribution in [0.4, 0.5) is 34.6 Å². The maximum Gasteiger partial charge on any atom is 0.337 e. The SMILES string of the molecule is O=C(O)c1cc(S(=O)(=O)[O-])ccc1Nc1nc(Cl)nc(Nc2cc(S(=O)(=O)[O-])cc3cc(S(=O)(=O)[O-])c(N=Nc4ccc5ccccc5c4S(=O)(=O)[O-])cc23)n1. The maximum absolute atomic E-state index is 12.4. The molecule has 0 unspecified atom stereocenters. The van der Waals surface area contributed by atoms with Crippen LogP contribution < -0.4 is 10.6 Å². The van der Waals surface area contributed by atoms with Crippen LogP contribution in [0.5, 0.6) is 0 Å². The second-order valence-corrected chi connectivity index (χ2v) is 16.9. The Morgan fingerprint density at radius 3 is 1.84 bits per heavy atom. The lowest BCUT2D eigenvalue weighted by Crippen LogP contribution is -2.09. The summed E-state index contributed by atoms with van der Waals surface area (Å²) in [6.45, 7) is 0. The van der Waals surface area contributed by atoms with Crippen molar-refractivity contribution in [1.29, 1.82) is 0 Å². The molecule has 0 spiro atoms. The minimum Gasteiger partial charge on any atom is -0.744 e. The molecule has 0 fully saturated rings. The zero-order chi connectivity index (χ0) is 41.0. The molecule has 21 nitrogen and oxygen atoms in total. The van der Waals surface area contributed by atoms with Gasteiger partial charge in [0.2, 0.25) is 17.2 Å². The van der Waals surface area contributed by atoms with E-state index in [1.54, 1.807) is 6.07 Å². The van der Waals surface area contributed by atoms with Crippen molar-refractivity contribution in [3.63, 3.8) is 0 Å². The molecule has 0 saturated carbocycles. The number of aromatic nitrogens is 3. The van der Waals surface area contributed by atoms with Crippen molar-refractivity contribution in [2.45, 2.75) is 19.6 Å². The molecule has 0 aliphatic carbocycles. The Kier molecular flexibility index (Phi) is 10.3. The van der Waals surface area contributed by atoms with E-state index in [2.05, 4.69) is 35.8 Å². The van der Waals surface area contributed by atoms with Crippen molar-refractivity contribution in [3.8, 4) is 0 Å². The fraction of sp³-hybridized carbons (Fsp3) is 0. The van der Waals surface area contributed by atoms with E-state index < -0.39 is 100 Å². The van der Waals surface area contributed by atoms with Gasteiger partial charge in [0.25, 0.3) is 0 Å². The molecule has 0 aliphatic rings. The highest BCUT2D eigenvalue weighted by atomic mass is 35.5. The summed E-state index contributed by atoms with van der Waals surface area (Å²) in [5.74, 6) is -2.70. The van der Waals surface area contributed by atoms with E-state index in [0.717, 1.165) is 36.4 Å². The first kappa shape index (κ1) is 39.9. The Morgan fingerprint density at radius 2 is 1.23 bits per heavy atom. The monoisotopic (exact) mass is 861 g/mol. The molecular formula is C30H16ClN7O14S4-4. The van der Waals surface area contributed by atoms with Gasteiger partial charge < -0.3 is 34.0 Å². The van der Waals surface area contributed by atoms with E-state index in [9.17, 15) is 61.8 Å². The Labute approximate surface area is 319 Å². The highest BCUT2D eigenvalue weighted by Gasteiger charge is 2.20. The summed E-state index contributed by atoms with van der Waals surface area (Å²) < 4.78 is 145. The second-order valence-electron chi connectivity index (χ2n) is 11.2. The van der Waals surface area contributed by atoms with Gasteiger partial charge in [-0.2, -0.15) is 15.0 Å². The van der Waals surface area contributed by atoms with Gasteiger partial charge in [-0.15, -0.1) is 10.2 Å². The first-order valence-corrected chi connectivity index (χ1v) is 20.7. The minimum atomic E-state index is -5.47. The van der Waals surface area contributed by atoms with Gasteiger partial charge in [0.15, 0.2) is 0 Å². The Balaban J connectivity index is 1.50. The van der Waals surface area contributed by atoms with Crippen molar-refractivity contribution in [3.05, 3.63) is 89.7 Å². The number of nitrogens with zero attached hydrogens (tertiary/aromatic N) is 5.